The molecule has 0 N–H and O–H groups in total. The van der Waals surface area contributed by atoms with Gasteiger partial charge in [-0.25, -0.2) is 0 Å². The van der Waals surface area contributed by atoms with Crippen LogP contribution in [0.4, 0.5) is 0 Å². The summed E-state index contributed by atoms with van der Waals surface area (Å²) in [4.78, 5) is 15.3. The van der Waals surface area contributed by atoms with E-state index in [0.29, 0.717) is 0 Å². The quantitative estimate of drug-likeness (QED) is 0.583. The maximum atomic E-state index is 13.2. The third kappa shape index (κ3) is 5.70. The zero-order valence-corrected chi connectivity index (χ0v) is 19.0. The molecule has 0 bridgehead atoms. The summed E-state index contributed by atoms with van der Waals surface area (Å²) in [6.07, 6.45) is 0.868. The van der Waals surface area contributed by atoms with E-state index < -0.39 is 5.41 Å². The third-order valence-electron chi connectivity index (χ3n) is 5.39. The minimum atomic E-state index is -0.396. The summed E-state index contributed by atoms with van der Waals surface area (Å²) in [5, 5.41) is 0. The van der Waals surface area contributed by atoms with Crippen LogP contribution in [0.1, 0.15) is 76.8 Å². The van der Waals surface area contributed by atoms with Crippen molar-refractivity contribution in [2.24, 2.45) is 5.41 Å². The molecule has 1 unspecified atom stereocenters. The molecule has 1 atom stereocenters. The Balaban J connectivity index is 2.24. The largest absolute Gasteiger partial charge is 0.335 e. The fourth-order valence-electron chi connectivity index (χ4n) is 3.35. The van der Waals surface area contributed by atoms with Crippen molar-refractivity contribution in [1.82, 2.24) is 4.90 Å². The van der Waals surface area contributed by atoms with E-state index in [4.69, 9.17) is 0 Å². The van der Waals surface area contributed by atoms with Gasteiger partial charge in [-0.1, -0.05) is 95.6 Å². The van der Waals surface area contributed by atoms with Gasteiger partial charge in [-0.05, 0) is 42.4 Å². The Kier molecular flexibility index (Phi) is 6.75. The molecule has 28 heavy (non-hydrogen) atoms. The molecule has 2 rings (SSSR count). The van der Waals surface area contributed by atoms with Crippen LogP contribution in [0.25, 0.3) is 0 Å². The Hall–Kier alpha value is -2.09. The molecule has 0 aromatic heterocycles. The van der Waals surface area contributed by atoms with Crippen molar-refractivity contribution in [2.75, 3.05) is 6.54 Å². The highest BCUT2D eigenvalue weighted by Gasteiger charge is 2.30. The summed E-state index contributed by atoms with van der Waals surface area (Å²) in [7, 11) is 0. The van der Waals surface area contributed by atoms with Gasteiger partial charge < -0.3 is 4.90 Å². The Bertz CT molecular complexity index is 773. The number of amides is 1. The summed E-state index contributed by atoms with van der Waals surface area (Å²) in [5.41, 5.74) is 4.78. The summed E-state index contributed by atoms with van der Waals surface area (Å²) in [6.45, 7) is 17.7. The van der Waals surface area contributed by atoms with Crippen molar-refractivity contribution in [3.05, 3.63) is 70.8 Å². The van der Waals surface area contributed by atoms with Gasteiger partial charge in [-0.3, -0.25) is 4.79 Å². The lowest BCUT2D eigenvalue weighted by molar-refractivity contribution is -0.141. The zero-order chi connectivity index (χ0) is 21.1. The molecule has 0 aliphatic rings. The number of rotatable bonds is 5. The van der Waals surface area contributed by atoms with E-state index in [9.17, 15) is 4.79 Å². The van der Waals surface area contributed by atoms with Crippen LogP contribution in [0, 0.1) is 12.3 Å². The molecule has 1 amide bonds. The first kappa shape index (κ1) is 22.2. The first-order chi connectivity index (χ1) is 12.9. The van der Waals surface area contributed by atoms with Gasteiger partial charge in [0.15, 0.2) is 0 Å². The number of aryl methyl sites for hydroxylation is 1. The number of hydrogen-bond donors (Lipinski definition) is 0. The molecule has 2 nitrogen and oxygen atoms in total. The second-order valence-electron chi connectivity index (χ2n) is 10.0. The van der Waals surface area contributed by atoms with Crippen LogP contribution in [0.3, 0.4) is 0 Å². The number of carbonyl (C=O) groups is 1. The van der Waals surface area contributed by atoms with E-state index >= 15 is 0 Å². The van der Waals surface area contributed by atoms with Crippen LogP contribution in [0.15, 0.2) is 48.5 Å². The van der Waals surface area contributed by atoms with E-state index in [1.165, 1.54) is 22.3 Å². The van der Waals surface area contributed by atoms with Gasteiger partial charge in [0.05, 0.1) is 6.04 Å². The Labute approximate surface area is 172 Å². The van der Waals surface area contributed by atoms with Gasteiger partial charge >= 0.3 is 0 Å². The standard InChI is InChI=1S/C26H37NO/c1-19-9-11-21(12-10-19)17-18-27(24(28)26(6,7)8)20(2)22-13-15-23(16-14-22)25(3,4)5/h9-16,20H,17-18H2,1-8H3. The van der Waals surface area contributed by atoms with Gasteiger partial charge in [-0.2, -0.15) is 0 Å². The summed E-state index contributed by atoms with van der Waals surface area (Å²) in [6, 6.07) is 17.4. The van der Waals surface area contributed by atoms with Crippen LogP contribution in [0.2, 0.25) is 0 Å². The number of benzene rings is 2. The first-order valence-corrected chi connectivity index (χ1v) is 10.4. The second kappa shape index (κ2) is 8.51. The molecule has 0 heterocycles. The van der Waals surface area contributed by atoms with Crippen molar-refractivity contribution in [1.29, 1.82) is 0 Å². The lowest BCUT2D eigenvalue weighted by atomic mass is 9.86. The highest BCUT2D eigenvalue weighted by Crippen LogP contribution is 2.29. The van der Waals surface area contributed by atoms with Gasteiger partial charge in [0.2, 0.25) is 5.91 Å². The monoisotopic (exact) mass is 379 g/mol. The van der Waals surface area contributed by atoms with Gasteiger partial charge in [0.1, 0.15) is 0 Å². The van der Waals surface area contributed by atoms with Crippen LogP contribution in [0.5, 0.6) is 0 Å². The summed E-state index contributed by atoms with van der Waals surface area (Å²) < 4.78 is 0. The predicted molar refractivity (Wildman–Crippen MR) is 120 cm³/mol. The topological polar surface area (TPSA) is 20.3 Å². The van der Waals surface area contributed by atoms with E-state index in [1.54, 1.807) is 0 Å². The van der Waals surface area contributed by atoms with Crippen molar-refractivity contribution < 1.29 is 4.79 Å². The molecule has 0 fully saturated rings. The van der Waals surface area contributed by atoms with Crippen molar-refractivity contribution in [3.63, 3.8) is 0 Å². The number of hydrogen-bond acceptors (Lipinski definition) is 1. The molecular formula is C26H37NO. The van der Waals surface area contributed by atoms with Crippen LogP contribution in [-0.4, -0.2) is 17.4 Å². The molecule has 0 saturated carbocycles. The number of nitrogens with zero attached hydrogens (tertiary/aromatic N) is 1. The number of carbonyl (C=O) groups excluding carboxylic acids is 1. The Morgan fingerprint density at radius 3 is 1.89 bits per heavy atom. The average Bonchev–Trinajstić information content (AvgIpc) is 2.61. The highest BCUT2D eigenvalue weighted by atomic mass is 16.2. The lowest BCUT2D eigenvalue weighted by Gasteiger charge is -2.35. The predicted octanol–water partition coefficient (Wildman–Crippen LogP) is 6.47. The van der Waals surface area contributed by atoms with E-state index in [1.807, 2.05) is 25.7 Å². The van der Waals surface area contributed by atoms with Gasteiger partial charge in [-0.15, -0.1) is 0 Å². The van der Waals surface area contributed by atoms with Crippen molar-refractivity contribution >= 4 is 5.91 Å². The Morgan fingerprint density at radius 2 is 1.43 bits per heavy atom. The Morgan fingerprint density at radius 1 is 0.893 bits per heavy atom. The second-order valence-corrected chi connectivity index (χ2v) is 10.0. The highest BCUT2D eigenvalue weighted by molar-refractivity contribution is 5.82. The fraction of sp³-hybridized carbons (Fsp3) is 0.500. The van der Waals surface area contributed by atoms with Crippen LogP contribution in [-0.2, 0) is 16.6 Å². The molecule has 2 aromatic rings. The molecule has 0 radical (unpaired) electrons. The summed E-state index contributed by atoms with van der Waals surface area (Å²) in [5.74, 6) is 0.201. The molecule has 2 aromatic carbocycles. The molecule has 0 aliphatic carbocycles. The fourth-order valence-corrected chi connectivity index (χ4v) is 3.35. The van der Waals surface area contributed by atoms with Crippen LogP contribution < -0.4 is 0 Å². The smallest absolute Gasteiger partial charge is 0.228 e. The maximum Gasteiger partial charge on any atom is 0.228 e. The summed E-state index contributed by atoms with van der Waals surface area (Å²) >= 11 is 0. The third-order valence-corrected chi connectivity index (χ3v) is 5.39. The van der Waals surface area contributed by atoms with E-state index in [2.05, 4.69) is 83.1 Å². The van der Waals surface area contributed by atoms with Gasteiger partial charge in [0, 0.05) is 12.0 Å². The maximum absolute atomic E-state index is 13.2. The van der Waals surface area contributed by atoms with E-state index in [0.717, 1.165) is 13.0 Å². The minimum Gasteiger partial charge on any atom is -0.335 e. The molecule has 2 heteroatoms. The minimum absolute atomic E-state index is 0.0474. The van der Waals surface area contributed by atoms with Crippen molar-refractivity contribution in [2.45, 2.75) is 73.3 Å². The molecule has 0 saturated heterocycles. The first-order valence-electron chi connectivity index (χ1n) is 10.4. The molecule has 0 spiro atoms. The molecule has 0 aliphatic heterocycles. The molecular weight excluding hydrogens is 342 g/mol. The van der Waals surface area contributed by atoms with Gasteiger partial charge in [0.25, 0.3) is 0 Å². The SMILES string of the molecule is Cc1ccc(CCN(C(=O)C(C)(C)C)C(C)c2ccc(C(C)(C)C)cc2)cc1. The normalized spacial score (nSPS) is 13.3. The van der Waals surface area contributed by atoms with E-state index in [-0.39, 0.29) is 17.4 Å². The molecule has 152 valence electrons. The van der Waals surface area contributed by atoms with Crippen LogP contribution >= 0.6 is 0 Å². The van der Waals surface area contributed by atoms with Crippen molar-refractivity contribution in [3.8, 4) is 0 Å². The lowest BCUT2D eigenvalue weighted by Crippen LogP contribution is -2.42. The average molecular weight is 380 g/mol. The zero-order valence-electron chi connectivity index (χ0n) is 19.0.